The third-order valence-corrected chi connectivity index (χ3v) is 10.9. The number of anilines is 3. The molecule has 0 aliphatic heterocycles. The zero-order valence-electron chi connectivity index (χ0n) is 26.5. The average Bonchev–Trinajstić information content (AvgIpc) is 3.75. The maximum atomic E-state index is 6.29. The van der Waals surface area contributed by atoms with Crippen LogP contribution in [0.5, 0.6) is 0 Å². The Morgan fingerprint density at radius 2 is 1.00 bits per heavy atom. The fraction of sp³-hybridized carbons (Fsp3) is 0. The van der Waals surface area contributed by atoms with Gasteiger partial charge in [-0.15, -0.1) is 11.3 Å². The number of hydrogen-bond acceptors (Lipinski definition) is 3. The number of fused-ring (bicyclic) bond motifs is 7. The Morgan fingerprint density at radius 1 is 0.408 bits per heavy atom. The number of para-hydroxylation sites is 1. The number of nitrogens with zero attached hydrogens (tertiary/aromatic N) is 1. The molecule has 0 N–H and O–H groups in total. The van der Waals surface area contributed by atoms with Crippen molar-refractivity contribution in [2.24, 2.45) is 0 Å². The third kappa shape index (κ3) is 4.47. The molecule has 2 aromatic heterocycles. The molecule has 3 heteroatoms. The summed E-state index contributed by atoms with van der Waals surface area (Å²) in [7, 11) is 0. The minimum Gasteiger partial charge on any atom is -0.456 e. The molecule has 49 heavy (non-hydrogen) atoms. The van der Waals surface area contributed by atoms with Gasteiger partial charge in [0.2, 0.25) is 0 Å². The van der Waals surface area contributed by atoms with Gasteiger partial charge in [-0.05, 0) is 70.1 Å². The van der Waals surface area contributed by atoms with Crippen molar-refractivity contribution in [1.82, 2.24) is 0 Å². The molecule has 0 unspecified atom stereocenters. The van der Waals surface area contributed by atoms with E-state index < -0.39 is 0 Å². The lowest BCUT2D eigenvalue weighted by molar-refractivity contribution is 0.669. The molecule has 0 bridgehead atoms. The van der Waals surface area contributed by atoms with Crippen LogP contribution in [-0.4, -0.2) is 0 Å². The molecule has 0 atom stereocenters. The van der Waals surface area contributed by atoms with Crippen LogP contribution >= 0.6 is 11.3 Å². The number of rotatable bonds is 5. The molecule has 2 heterocycles. The molecule has 230 valence electrons. The molecular weight excluding hydrogens is 615 g/mol. The molecular formula is C46H29NOS. The summed E-state index contributed by atoms with van der Waals surface area (Å²) in [5.74, 6) is 0. The van der Waals surface area contributed by atoms with Crippen molar-refractivity contribution in [1.29, 1.82) is 0 Å². The molecule has 10 rings (SSSR count). The molecule has 0 amide bonds. The first-order valence-electron chi connectivity index (χ1n) is 16.6. The first-order valence-corrected chi connectivity index (χ1v) is 17.4. The summed E-state index contributed by atoms with van der Waals surface area (Å²) in [4.78, 5) is 2.46. The van der Waals surface area contributed by atoms with Crippen LogP contribution in [0, 0.1) is 0 Å². The van der Waals surface area contributed by atoms with Crippen LogP contribution in [0.3, 0.4) is 0 Å². The fourth-order valence-electron chi connectivity index (χ4n) is 7.46. The van der Waals surface area contributed by atoms with E-state index in [9.17, 15) is 0 Å². The standard InChI is InChI=1S/C46H29NOS/c1-3-13-30(14-4-1)33-24-26-40(36-18-8-7-17-35(33)36)47(32-23-28-43-39(29-32)37-19-9-11-21-42(37)48-43)41-27-25-34(31-15-5-2-6-16-31)45-38-20-10-12-22-44(38)49-46(41)45/h1-29H. The zero-order chi connectivity index (χ0) is 32.3. The lowest BCUT2D eigenvalue weighted by Crippen LogP contribution is -2.11. The molecule has 0 aliphatic carbocycles. The molecule has 0 fully saturated rings. The van der Waals surface area contributed by atoms with Crippen molar-refractivity contribution in [2.45, 2.75) is 0 Å². The van der Waals surface area contributed by atoms with Crippen molar-refractivity contribution in [3.8, 4) is 22.3 Å². The van der Waals surface area contributed by atoms with Gasteiger partial charge in [-0.1, -0.05) is 133 Å². The molecule has 2 nitrogen and oxygen atoms in total. The molecule has 0 aliphatic rings. The summed E-state index contributed by atoms with van der Waals surface area (Å²) < 4.78 is 8.83. The van der Waals surface area contributed by atoms with E-state index in [1.165, 1.54) is 53.2 Å². The van der Waals surface area contributed by atoms with E-state index in [-0.39, 0.29) is 0 Å². The summed E-state index contributed by atoms with van der Waals surface area (Å²) in [6.45, 7) is 0. The Labute approximate surface area is 287 Å². The van der Waals surface area contributed by atoms with Crippen LogP contribution in [0.15, 0.2) is 180 Å². The zero-order valence-corrected chi connectivity index (χ0v) is 27.3. The third-order valence-electron chi connectivity index (χ3n) is 9.68. The van der Waals surface area contributed by atoms with E-state index in [2.05, 4.69) is 169 Å². The average molecular weight is 644 g/mol. The molecule has 0 saturated carbocycles. The first kappa shape index (κ1) is 27.9. The van der Waals surface area contributed by atoms with Crippen LogP contribution < -0.4 is 4.90 Å². The summed E-state index contributed by atoms with van der Waals surface area (Å²) >= 11 is 1.87. The Bertz CT molecular complexity index is 2830. The normalized spacial score (nSPS) is 11.7. The van der Waals surface area contributed by atoms with Crippen LogP contribution in [-0.2, 0) is 0 Å². The van der Waals surface area contributed by atoms with Crippen LogP contribution in [0.4, 0.5) is 17.1 Å². The van der Waals surface area contributed by atoms with Crippen LogP contribution in [0.25, 0.3) is 75.1 Å². The van der Waals surface area contributed by atoms with Crippen molar-refractivity contribution in [2.75, 3.05) is 4.90 Å². The van der Waals surface area contributed by atoms with Crippen molar-refractivity contribution < 1.29 is 4.42 Å². The fourth-order valence-corrected chi connectivity index (χ4v) is 8.69. The van der Waals surface area contributed by atoms with Crippen LogP contribution in [0.2, 0.25) is 0 Å². The summed E-state index contributed by atoms with van der Waals surface area (Å²) in [6, 6.07) is 63.2. The van der Waals surface area contributed by atoms with Gasteiger partial charge in [0.25, 0.3) is 0 Å². The van der Waals surface area contributed by atoms with Crippen molar-refractivity contribution >= 4 is 81.3 Å². The molecule has 0 spiro atoms. The van der Waals surface area contributed by atoms with E-state index in [1.54, 1.807) is 0 Å². The monoisotopic (exact) mass is 643 g/mol. The number of benzene rings is 8. The van der Waals surface area contributed by atoms with E-state index in [0.29, 0.717) is 0 Å². The van der Waals surface area contributed by atoms with Gasteiger partial charge in [0, 0.05) is 37.3 Å². The highest BCUT2D eigenvalue weighted by molar-refractivity contribution is 7.26. The molecule has 0 saturated heterocycles. The Kier molecular flexibility index (Phi) is 6.39. The van der Waals surface area contributed by atoms with Gasteiger partial charge in [0.05, 0.1) is 16.1 Å². The summed E-state index contributed by atoms with van der Waals surface area (Å²) in [6.07, 6.45) is 0. The Hall–Kier alpha value is -6.16. The topological polar surface area (TPSA) is 16.4 Å². The van der Waals surface area contributed by atoms with E-state index in [4.69, 9.17) is 4.42 Å². The second kappa shape index (κ2) is 11.2. The number of hydrogen-bond donors (Lipinski definition) is 0. The van der Waals surface area contributed by atoms with Crippen LogP contribution in [0.1, 0.15) is 0 Å². The molecule has 0 radical (unpaired) electrons. The van der Waals surface area contributed by atoms with Gasteiger partial charge in [-0.2, -0.15) is 0 Å². The summed E-state index contributed by atoms with van der Waals surface area (Å²) in [5, 5.41) is 7.21. The highest BCUT2D eigenvalue weighted by Gasteiger charge is 2.23. The van der Waals surface area contributed by atoms with E-state index >= 15 is 0 Å². The predicted octanol–water partition coefficient (Wildman–Crippen LogP) is 13.9. The number of thiophene rings is 1. The minimum absolute atomic E-state index is 0.889. The second-order valence-corrected chi connectivity index (χ2v) is 13.5. The number of furan rings is 1. The van der Waals surface area contributed by atoms with Crippen molar-refractivity contribution in [3.63, 3.8) is 0 Å². The van der Waals surface area contributed by atoms with E-state index in [1.807, 2.05) is 23.5 Å². The van der Waals surface area contributed by atoms with E-state index in [0.717, 1.165) is 39.0 Å². The van der Waals surface area contributed by atoms with Gasteiger partial charge in [-0.3, -0.25) is 0 Å². The summed E-state index contributed by atoms with van der Waals surface area (Å²) in [5.41, 5.74) is 10.1. The van der Waals surface area contributed by atoms with Gasteiger partial charge in [0.15, 0.2) is 0 Å². The molecule has 10 aromatic rings. The predicted molar refractivity (Wildman–Crippen MR) is 210 cm³/mol. The lowest BCUT2D eigenvalue weighted by atomic mass is 9.95. The maximum absolute atomic E-state index is 6.29. The largest absolute Gasteiger partial charge is 0.456 e. The van der Waals surface area contributed by atoms with Gasteiger partial charge in [-0.25, -0.2) is 0 Å². The first-order chi connectivity index (χ1) is 24.3. The van der Waals surface area contributed by atoms with Gasteiger partial charge in [0.1, 0.15) is 11.2 Å². The molecule has 8 aromatic carbocycles. The highest BCUT2D eigenvalue weighted by atomic mass is 32.1. The highest BCUT2D eigenvalue weighted by Crippen LogP contribution is 2.50. The maximum Gasteiger partial charge on any atom is 0.135 e. The SMILES string of the molecule is c1ccc(-c2ccc(N(c3ccc4oc5ccccc5c4c3)c3ccc(-c4ccccc4)c4c3sc3ccccc34)c3ccccc23)cc1. The Morgan fingerprint density at radius 3 is 1.80 bits per heavy atom. The van der Waals surface area contributed by atoms with Crippen molar-refractivity contribution in [3.05, 3.63) is 176 Å². The quantitative estimate of drug-likeness (QED) is 0.186. The minimum atomic E-state index is 0.889. The van der Waals surface area contributed by atoms with Gasteiger partial charge < -0.3 is 9.32 Å². The van der Waals surface area contributed by atoms with Gasteiger partial charge >= 0.3 is 0 Å². The Balaban J connectivity index is 1.30. The smallest absolute Gasteiger partial charge is 0.135 e. The lowest BCUT2D eigenvalue weighted by Gasteiger charge is -2.28. The second-order valence-electron chi connectivity index (χ2n) is 12.5.